The lowest BCUT2D eigenvalue weighted by molar-refractivity contribution is 0.114. The van der Waals surface area contributed by atoms with Gasteiger partial charge in [0.2, 0.25) is 0 Å². The lowest BCUT2D eigenvalue weighted by Gasteiger charge is -2.39. The van der Waals surface area contributed by atoms with Crippen molar-refractivity contribution in [1.29, 1.82) is 0 Å². The minimum atomic E-state index is 0.417. The molecule has 1 aromatic rings. The van der Waals surface area contributed by atoms with Crippen LogP contribution >= 0.6 is 0 Å². The topological polar surface area (TPSA) is 38.5 Å². The van der Waals surface area contributed by atoms with Gasteiger partial charge in [0.1, 0.15) is 5.75 Å². The van der Waals surface area contributed by atoms with Crippen molar-refractivity contribution in [3.63, 3.8) is 0 Å². The lowest BCUT2D eigenvalue weighted by Crippen LogP contribution is -2.42. The van der Waals surface area contributed by atoms with E-state index >= 15 is 0 Å². The van der Waals surface area contributed by atoms with E-state index in [1.807, 2.05) is 6.92 Å². The smallest absolute Gasteiger partial charge is 0.119 e. The van der Waals surface area contributed by atoms with Crippen LogP contribution in [0, 0.1) is 0 Å². The summed E-state index contributed by atoms with van der Waals surface area (Å²) in [6.07, 6.45) is 4.79. The van der Waals surface area contributed by atoms with Crippen molar-refractivity contribution in [3.05, 3.63) is 29.8 Å². The molecule has 3 nitrogen and oxygen atoms in total. The molecule has 0 bridgehead atoms. The van der Waals surface area contributed by atoms with Crippen molar-refractivity contribution in [2.24, 2.45) is 5.73 Å². The van der Waals surface area contributed by atoms with Crippen LogP contribution in [-0.2, 0) is 0 Å². The van der Waals surface area contributed by atoms with Crippen molar-refractivity contribution < 1.29 is 4.74 Å². The first-order chi connectivity index (χ1) is 10.2. The molecule has 2 N–H and O–H groups in total. The maximum atomic E-state index is 6.04. The molecule has 21 heavy (non-hydrogen) atoms. The first kappa shape index (κ1) is 16.3. The minimum absolute atomic E-state index is 0.417. The highest BCUT2D eigenvalue weighted by Crippen LogP contribution is 2.30. The van der Waals surface area contributed by atoms with Crippen molar-refractivity contribution in [2.75, 3.05) is 13.2 Å². The number of hydrogen-bond acceptors (Lipinski definition) is 3. The predicted octanol–water partition coefficient (Wildman–Crippen LogP) is 3.74. The van der Waals surface area contributed by atoms with E-state index < -0.39 is 0 Å². The number of rotatable bonds is 6. The van der Waals surface area contributed by atoms with Gasteiger partial charge in [-0.1, -0.05) is 19.1 Å². The molecule has 0 aliphatic heterocycles. The second kappa shape index (κ2) is 7.81. The van der Waals surface area contributed by atoms with E-state index in [0.29, 0.717) is 18.1 Å². The third-order valence-corrected chi connectivity index (χ3v) is 4.75. The molecule has 3 heteroatoms. The summed E-state index contributed by atoms with van der Waals surface area (Å²) < 4.78 is 5.53. The van der Waals surface area contributed by atoms with Crippen LogP contribution in [0.2, 0.25) is 0 Å². The number of ether oxygens (including phenoxy) is 1. The summed E-state index contributed by atoms with van der Waals surface area (Å²) in [4.78, 5) is 2.63. The van der Waals surface area contributed by atoms with Gasteiger partial charge in [-0.2, -0.15) is 0 Å². The van der Waals surface area contributed by atoms with Crippen LogP contribution in [0.5, 0.6) is 5.75 Å². The minimum Gasteiger partial charge on any atom is -0.494 e. The monoisotopic (exact) mass is 290 g/mol. The van der Waals surface area contributed by atoms with E-state index in [4.69, 9.17) is 10.5 Å². The fourth-order valence-corrected chi connectivity index (χ4v) is 3.48. The van der Waals surface area contributed by atoms with E-state index in [9.17, 15) is 0 Å². The normalized spacial score (nSPS) is 24.0. The molecule has 1 unspecified atom stereocenters. The van der Waals surface area contributed by atoms with Gasteiger partial charge in [-0.05, 0) is 63.8 Å². The molecular formula is C18H30N2O. The van der Waals surface area contributed by atoms with E-state index in [1.165, 1.54) is 18.4 Å². The van der Waals surface area contributed by atoms with Crippen LogP contribution < -0.4 is 10.5 Å². The summed E-state index contributed by atoms with van der Waals surface area (Å²) in [6, 6.07) is 10.1. The van der Waals surface area contributed by atoms with Crippen molar-refractivity contribution in [1.82, 2.24) is 4.90 Å². The molecule has 0 spiro atoms. The third kappa shape index (κ3) is 4.21. The van der Waals surface area contributed by atoms with Gasteiger partial charge in [-0.3, -0.25) is 4.90 Å². The average Bonchev–Trinajstić information content (AvgIpc) is 2.51. The number of hydrogen-bond donors (Lipinski definition) is 1. The van der Waals surface area contributed by atoms with Gasteiger partial charge >= 0.3 is 0 Å². The Morgan fingerprint density at radius 3 is 2.29 bits per heavy atom. The second-order valence-corrected chi connectivity index (χ2v) is 6.08. The summed E-state index contributed by atoms with van der Waals surface area (Å²) in [5.74, 6) is 0.958. The molecule has 1 atom stereocenters. The number of nitrogens with two attached hydrogens (primary N) is 1. The van der Waals surface area contributed by atoms with Crippen molar-refractivity contribution in [2.45, 2.75) is 64.6 Å². The number of nitrogens with zero attached hydrogens (tertiary/aromatic N) is 1. The molecule has 1 saturated carbocycles. The van der Waals surface area contributed by atoms with Crippen LogP contribution in [0.25, 0.3) is 0 Å². The molecule has 1 aromatic carbocycles. The molecule has 1 aliphatic rings. The van der Waals surface area contributed by atoms with Gasteiger partial charge in [-0.25, -0.2) is 0 Å². The Hall–Kier alpha value is -1.06. The summed E-state index contributed by atoms with van der Waals surface area (Å²) >= 11 is 0. The summed E-state index contributed by atoms with van der Waals surface area (Å²) in [5.41, 5.74) is 7.41. The number of benzene rings is 1. The third-order valence-electron chi connectivity index (χ3n) is 4.75. The zero-order valence-electron chi connectivity index (χ0n) is 13.7. The SMILES string of the molecule is CCOc1ccc(C(C)N(CC)C2CCC(N)CC2)cc1. The Bertz CT molecular complexity index is 410. The molecule has 1 aliphatic carbocycles. The largest absolute Gasteiger partial charge is 0.494 e. The molecule has 0 radical (unpaired) electrons. The highest BCUT2D eigenvalue weighted by Gasteiger charge is 2.27. The maximum Gasteiger partial charge on any atom is 0.119 e. The first-order valence-corrected chi connectivity index (χ1v) is 8.39. The Morgan fingerprint density at radius 1 is 1.14 bits per heavy atom. The lowest BCUT2D eigenvalue weighted by atomic mass is 9.89. The van der Waals surface area contributed by atoms with Crippen LogP contribution in [0.15, 0.2) is 24.3 Å². The van der Waals surface area contributed by atoms with Gasteiger partial charge in [0.15, 0.2) is 0 Å². The second-order valence-electron chi connectivity index (χ2n) is 6.08. The fraction of sp³-hybridized carbons (Fsp3) is 0.667. The average molecular weight is 290 g/mol. The van der Waals surface area contributed by atoms with Gasteiger partial charge < -0.3 is 10.5 Å². The molecule has 0 aromatic heterocycles. The van der Waals surface area contributed by atoms with E-state index in [0.717, 1.165) is 31.7 Å². The quantitative estimate of drug-likeness (QED) is 0.867. The highest BCUT2D eigenvalue weighted by molar-refractivity contribution is 5.29. The fourth-order valence-electron chi connectivity index (χ4n) is 3.48. The maximum absolute atomic E-state index is 6.04. The molecule has 0 amide bonds. The predicted molar refractivity (Wildman–Crippen MR) is 88.6 cm³/mol. The molecule has 118 valence electrons. The first-order valence-electron chi connectivity index (χ1n) is 8.39. The van der Waals surface area contributed by atoms with Gasteiger partial charge in [0.25, 0.3) is 0 Å². The summed E-state index contributed by atoms with van der Waals surface area (Å²) in [7, 11) is 0. The molecule has 2 rings (SSSR count). The Labute approximate surface area is 129 Å². The van der Waals surface area contributed by atoms with E-state index in [1.54, 1.807) is 0 Å². The van der Waals surface area contributed by atoms with Crippen LogP contribution in [0.1, 0.15) is 58.1 Å². The Balaban J connectivity index is 2.03. The van der Waals surface area contributed by atoms with Crippen LogP contribution in [0.3, 0.4) is 0 Å². The molecule has 1 fully saturated rings. The summed E-state index contributed by atoms with van der Waals surface area (Å²) in [5, 5.41) is 0. The molecule has 0 saturated heterocycles. The zero-order valence-corrected chi connectivity index (χ0v) is 13.7. The highest BCUT2D eigenvalue weighted by atomic mass is 16.5. The van der Waals surface area contributed by atoms with Crippen LogP contribution in [0.4, 0.5) is 0 Å². The van der Waals surface area contributed by atoms with E-state index in [-0.39, 0.29) is 0 Å². The van der Waals surface area contributed by atoms with Gasteiger partial charge in [0.05, 0.1) is 6.61 Å². The van der Waals surface area contributed by atoms with Gasteiger partial charge in [0, 0.05) is 18.1 Å². The van der Waals surface area contributed by atoms with Crippen LogP contribution in [-0.4, -0.2) is 30.1 Å². The summed E-state index contributed by atoms with van der Waals surface area (Å²) in [6.45, 7) is 8.41. The van der Waals surface area contributed by atoms with Crippen molar-refractivity contribution >= 4 is 0 Å². The standard InChI is InChI=1S/C18H30N2O/c1-4-20(17-10-8-16(19)9-11-17)14(3)15-6-12-18(13-7-15)21-5-2/h6-7,12-14,16-17H,4-5,8-11,19H2,1-3H3. The molecular weight excluding hydrogens is 260 g/mol. The molecule has 0 heterocycles. The Kier molecular flexibility index (Phi) is 6.07. The van der Waals surface area contributed by atoms with Crippen molar-refractivity contribution in [3.8, 4) is 5.75 Å². The Morgan fingerprint density at radius 2 is 1.76 bits per heavy atom. The zero-order chi connectivity index (χ0) is 15.2. The van der Waals surface area contributed by atoms with Gasteiger partial charge in [-0.15, -0.1) is 0 Å². The van der Waals surface area contributed by atoms with E-state index in [2.05, 4.69) is 43.0 Å².